The average Bonchev–Trinajstić information content (AvgIpc) is 2.46. The van der Waals surface area contributed by atoms with Crippen LogP contribution in [-0.4, -0.2) is 30.3 Å². The molecule has 0 bridgehead atoms. The quantitative estimate of drug-likeness (QED) is 0.913. The highest BCUT2D eigenvalue weighted by Crippen LogP contribution is 2.37. The van der Waals surface area contributed by atoms with Gasteiger partial charge in [0, 0.05) is 17.3 Å². The summed E-state index contributed by atoms with van der Waals surface area (Å²) in [6.07, 6.45) is 1.55. The van der Waals surface area contributed by atoms with Crippen LogP contribution >= 0.6 is 0 Å². The van der Waals surface area contributed by atoms with Gasteiger partial charge in [0.1, 0.15) is 0 Å². The van der Waals surface area contributed by atoms with Gasteiger partial charge in [0.05, 0.1) is 19.8 Å². The van der Waals surface area contributed by atoms with Crippen molar-refractivity contribution in [2.45, 2.75) is 0 Å². The molecule has 0 saturated carbocycles. The molecule has 0 atom stereocenters. The van der Waals surface area contributed by atoms with Gasteiger partial charge in [-0.15, -0.1) is 0 Å². The van der Waals surface area contributed by atoms with Crippen LogP contribution in [0.2, 0.25) is 0 Å². The molecule has 0 aliphatic heterocycles. The molecule has 5 nitrogen and oxygen atoms in total. The van der Waals surface area contributed by atoms with Crippen molar-refractivity contribution in [2.24, 2.45) is 0 Å². The van der Waals surface area contributed by atoms with Crippen molar-refractivity contribution >= 4 is 5.97 Å². The van der Waals surface area contributed by atoms with Crippen LogP contribution in [-0.2, 0) is 0 Å². The van der Waals surface area contributed by atoms with Crippen molar-refractivity contribution < 1.29 is 19.4 Å². The fourth-order valence-electron chi connectivity index (χ4n) is 1.89. The second-order valence-corrected chi connectivity index (χ2v) is 3.75. The largest absolute Gasteiger partial charge is 0.491 e. The van der Waals surface area contributed by atoms with Gasteiger partial charge in [0.2, 0.25) is 0 Å². The zero-order valence-corrected chi connectivity index (χ0v) is 10.6. The number of hydrogen-bond donors (Lipinski definition) is 1. The summed E-state index contributed by atoms with van der Waals surface area (Å²) in [5.41, 5.74) is 1.40. The fraction of sp³-hybridized carbons (Fsp3) is 0.143. The van der Waals surface area contributed by atoms with Gasteiger partial charge in [-0.25, -0.2) is 9.78 Å². The van der Waals surface area contributed by atoms with E-state index in [1.807, 2.05) is 0 Å². The van der Waals surface area contributed by atoms with Gasteiger partial charge in [-0.3, -0.25) is 0 Å². The summed E-state index contributed by atoms with van der Waals surface area (Å²) < 4.78 is 10.4. The minimum Gasteiger partial charge on any atom is -0.491 e. The van der Waals surface area contributed by atoms with Gasteiger partial charge in [0.15, 0.2) is 5.75 Å². The molecule has 5 heteroatoms. The first-order valence-corrected chi connectivity index (χ1v) is 5.58. The van der Waals surface area contributed by atoms with Crippen molar-refractivity contribution in [1.29, 1.82) is 0 Å². The molecule has 0 saturated heterocycles. The van der Waals surface area contributed by atoms with Crippen molar-refractivity contribution in [3.05, 3.63) is 42.1 Å². The third kappa shape index (κ3) is 2.35. The third-order valence-electron chi connectivity index (χ3n) is 2.72. The summed E-state index contributed by atoms with van der Waals surface area (Å²) >= 11 is 0. The molecule has 98 valence electrons. The predicted octanol–water partition coefficient (Wildman–Crippen LogP) is 2.46. The Morgan fingerprint density at radius 2 is 1.84 bits per heavy atom. The maximum absolute atomic E-state index is 11.3. The van der Waals surface area contributed by atoms with Crippen LogP contribution in [0, 0.1) is 0 Å². The molecule has 1 heterocycles. The Bertz CT molecular complexity index is 610. The lowest BCUT2D eigenvalue weighted by molar-refractivity contribution is 0.0697. The number of rotatable bonds is 4. The highest BCUT2D eigenvalue weighted by molar-refractivity contribution is 5.97. The number of carbonyl (C=O) groups is 1. The monoisotopic (exact) mass is 259 g/mol. The zero-order chi connectivity index (χ0) is 13.8. The molecule has 2 aromatic rings. The highest BCUT2D eigenvalue weighted by atomic mass is 16.5. The summed E-state index contributed by atoms with van der Waals surface area (Å²) in [5, 5.41) is 9.23. The van der Waals surface area contributed by atoms with Gasteiger partial charge >= 0.3 is 5.97 Å². The topological polar surface area (TPSA) is 68.7 Å². The van der Waals surface area contributed by atoms with E-state index >= 15 is 0 Å². The van der Waals surface area contributed by atoms with E-state index < -0.39 is 5.97 Å². The van der Waals surface area contributed by atoms with Crippen LogP contribution in [0.4, 0.5) is 0 Å². The standard InChI is InChI=1S/C14H13NO4/c1-18-12-10(7-8-15-13(12)19-2)9-5-3-4-6-11(9)14(16)17/h3-8H,1-2H3,(H,16,17). The molecule has 0 aliphatic carbocycles. The van der Waals surface area contributed by atoms with Gasteiger partial charge in [-0.1, -0.05) is 18.2 Å². The van der Waals surface area contributed by atoms with Crippen molar-refractivity contribution in [1.82, 2.24) is 4.98 Å². The Morgan fingerprint density at radius 3 is 2.47 bits per heavy atom. The molecule has 0 fully saturated rings. The Morgan fingerprint density at radius 1 is 1.11 bits per heavy atom. The van der Waals surface area contributed by atoms with Crippen molar-refractivity contribution in [3.63, 3.8) is 0 Å². The van der Waals surface area contributed by atoms with Crippen LogP contribution < -0.4 is 9.47 Å². The lowest BCUT2D eigenvalue weighted by Crippen LogP contribution is -2.01. The number of nitrogens with zero attached hydrogens (tertiary/aromatic N) is 1. The van der Waals surface area contributed by atoms with E-state index in [0.29, 0.717) is 22.8 Å². The van der Waals surface area contributed by atoms with Crippen LogP contribution in [0.5, 0.6) is 11.6 Å². The highest BCUT2D eigenvalue weighted by Gasteiger charge is 2.17. The van der Waals surface area contributed by atoms with E-state index in [4.69, 9.17) is 9.47 Å². The molecule has 1 N–H and O–H groups in total. The number of carboxylic acids is 1. The summed E-state index contributed by atoms with van der Waals surface area (Å²) in [5.74, 6) is -0.257. The Hall–Kier alpha value is -2.56. The van der Waals surface area contributed by atoms with Crippen LogP contribution in [0.15, 0.2) is 36.5 Å². The number of pyridine rings is 1. The van der Waals surface area contributed by atoms with E-state index in [9.17, 15) is 9.90 Å². The maximum Gasteiger partial charge on any atom is 0.336 e. The number of aromatic nitrogens is 1. The Labute approximate surface area is 110 Å². The van der Waals surface area contributed by atoms with Crippen LogP contribution in [0.25, 0.3) is 11.1 Å². The molecule has 0 unspecified atom stereocenters. The summed E-state index contributed by atoms with van der Waals surface area (Å²) in [6, 6.07) is 8.42. The summed E-state index contributed by atoms with van der Waals surface area (Å²) in [7, 11) is 2.98. The normalized spacial score (nSPS) is 10.0. The molecule has 1 aromatic carbocycles. The number of benzene rings is 1. The van der Waals surface area contributed by atoms with E-state index in [0.717, 1.165) is 0 Å². The number of aromatic carboxylic acids is 1. The molecule has 0 spiro atoms. The smallest absolute Gasteiger partial charge is 0.336 e. The van der Waals surface area contributed by atoms with Gasteiger partial charge in [-0.2, -0.15) is 0 Å². The predicted molar refractivity (Wildman–Crippen MR) is 69.7 cm³/mol. The molecule has 0 radical (unpaired) electrons. The first kappa shape index (κ1) is 12.9. The van der Waals surface area contributed by atoms with Crippen molar-refractivity contribution in [2.75, 3.05) is 14.2 Å². The Kier molecular flexibility index (Phi) is 3.66. The molecule has 2 rings (SSSR count). The molecule has 1 aromatic heterocycles. The summed E-state index contributed by atoms with van der Waals surface area (Å²) in [6.45, 7) is 0. The van der Waals surface area contributed by atoms with E-state index in [1.54, 1.807) is 36.5 Å². The van der Waals surface area contributed by atoms with Crippen LogP contribution in [0.1, 0.15) is 10.4 Å². The first-order valence-electron chi connectivity index (χ1n) is 5.58. The lowest BCUT2D eigenvalue weighted by atomic mass is 10.00. The van der Waals surface area contributed by atoms with Gasteiger partial charge < -0.3 is 14.6 Å². The van der Waals surface area contributed by atoms with Crippen molar-refractivity contribution in [3.8, 4) is 22.8 Å². The average molecular weight is 259 g/mol. The number of methoxy groups -OCH3 is 2. The van der Waals surface area contributed by atoms with Gasteiger partial charge in [0.25, 0.3) is 5.88 Å². The number of carboxylic acid groups (broad SMARTS) is 1. The molecular formula is C14H13NO4. The van der Waals surface area contributed by atoms with E-state index in [-0.39, 0.29) is 5.56 Å². The molecule has 0 aliphatic rings. The number of hydrogen-bond acceptors (Lipinski definition) is 4. The van der Waals surface area contributed by atoms with Crippen LogP contribution in [0.3, 0.4) is 0 Å². The van der Waals surface area contributed by atoms with E-state index in [1.165, 1.54) is 14.2 Å². The second kappa shape index (κ2) is 5.39. The van der Waals surface area contributed by atoms with Gasteiger partial charge in [-0.05, 0) is 12.1 Å². The lowest BCUT2D eigenvalue weighted by Gasteiger charge is -2.13. The SMILES string of the molecule is COc1nccc(-c2ccccc2C(=O)O)c1OC. The molecule has 19 heavy (non-hydrogen) atoms. The molecular weight excluding hydrogens is 246 g/mol. The number of ether oxygens (including phenoxy) is 2. The minimum atomic E-state index is -0.992. The maximum atomic E-state index is 11.3. The van der Waals surface area contributed by atoms with E-state index in [2.05, 4.69) is 4.98 Å². The molecule has 0 amide bonds. The third-order valence-corrected chi connectivity index (χ3v) is 2.72. The first-order chi connectivity index (χ1) is 9.19. The second-order valence-electron chi connectivity index (χ2n) is 3.75. The Balaban J connectivity index is 2.69. The zero-order valence-electron chi connectivity index (χ0n) is 10.6. The minimum absolute atomic E-state index is 0.203. The summed E-state index contributed by atoms with van der Waals surface area (Å²) in [4.78, 5) is 15.3. The fourth-order valence-corrected chi connectivity index (χ4v) is 1.89.